The van der Waals surface area contributed by atoms with Crippen LogP contribution in [0.5, 0.6) is 5.75 Å². The summed E-state index contributed by atoms with van der Waals surface area (Å²) in [6, 6.07) is 1.37. The number of ether oxygens (including phenoxy) is 1. The summed E-state index contributed by atoms with van der Waals surface area (Å²) in [4.78, 5) is 26.7. The van der Waals surface area contributed by atoms with Gasteiger partial charge in [-0.3, -0.25) is 9.59 Å². The molecule has 1 aromatic carbocycles. The number of aryl methyl sites for hydroxylation is 1. The van der Waals surface area contributed by atoms with Crippen molar-refractivity contribution in [1.29, 1.82) is 0 Å². The monoisotopic (exact) mass is 333 g/mol. The van der Waals surface area contributed by atoms with Crippen LogP contribution in [0.1, 0.15) is 34.5 Å². The van der Waals surface area contributed by atoms with Crippen LogP contribution in [0.2, 0.25) is 0 Å². The molecule has 0 bridgehead atoms. The molecule has 2 amide bonds. The fraction of sp³-hybridized carbons (Fsp3) is 0.412. The maximum Gasteiger partial charge on any atom is 0.267 e. The third kappa shape index (κ3) is 2.70. The lowest BCUT2D eigenvalue weighted by Crippen LogP contribution is -2.20. The first kappa shape index (κ1) is 16.3. The number of benzene rings is 1. The van der Waals surface area contributed by atoms with Crippen molar-refractivity contribution in [1.82, 2.24) is 15.6 Å². The number of aromatic amines is 1. The molecule has 0 spiro atoms. The zero-order valence-electron chi connectivity index (χ0n) is 13.7. The number of hydrogen-bond acceptors (Lipinski definition) is 3. The van der Waals surface area contributed by atoms with Gasteiger partial charge in [0, 0.05) is 49.5 Å². The van der Waals surface area contributed by atoms with E-state index < -0.39 is 5.82 Å². The van der Waals surface area contributed by atoms with Gasteiger partial charge in [-0.2, -0.15) is 0 Å². The van der Waals surface area contributed by atoms with Crippen molar-refractivity contribution >= 4 is 22.7 Å². The minimum absolute atomic E-state index is 0.0454. The van der Waals surface area contributed by atoms with Crippen molar-refractivity contribution in [2.24, 2.45) is 0 Å². The van der Waals surface area contributed by atoms with E-state index in [-0.39, 0.29) is 17.6 Å². The Bertz CT molecular complexity index is 813. The van der Waals surface area contributed by atoms with Crippen LogP contribution in [0, 0.1) is 5.82 Å². The van der Waals surface area contributed by atoms with Crippen LogP contribution < -0.4 is 15.4 Å². The number of fused-ring (bicyclic) bond motifs is 3. The van der Waals surface area contributed by atoms with Crippen molar-refractivity contribution in [2.45, 2.75) is 25.7 Å². The van der Waals surface area contributed by atoms with Crippen LogP contribution in [-0.2, 0) is 17.6 Å². The first-order chi connectivity index (χ1) is 11.6. The Morgan fingerprint density at radius 1 is 1.33 bits per heavy atom. The number of hydrogen-bond donors (Lipinski definition) is 3. The molecule has 1 aliphatic rings. The summed E-state index contributed by atoms with van der Waals surface area (Å²) in [6.45, 7) is 0.434. The fourth-order valence-corrected chi connectivity index (χ4v) is 3.23. The van der Waals surface area contributed by atoms with Crippen molar-refractivity contribution in [2.75, 3.05) is 20.7 Å². The average molecular weight is 333 g/mol. The van der Waals surface area contributed by atoms with E-state index in [1.807, 2.05) is 0 Å². The summed E-state index contributed by atoms with van der Waals surface area (Å²) < 4.78 is 19.5. The van der Waals surface area contributed by atoms with Crippen molar-refractivity contribution < 1.29 is 18.7 Å². The fourth-order valence-electron chi connectivity index (χ4n) is 3.23. The zero-order valence-corrected chi connectivity index (χ0v) is 13.7. The highest BCUT2D eigenvalue weighted by Crippen LogP contribution is 2.38. The Morgan fingerprint density at radius 3 is 2.83 bits per heavy atom. The maximum atomic E-state index is 14.1. The van der Waals surface area contributed by atoms with E-state index >= 15 is 0 Å². The second-order valence-electron chi connectivity index (χ2n) is 5.77. The van der Waals surface area contributed by atoms with Gasteiger partial charge in [0.25, 0.3) is 5.91 Å². The van der Waals surface area contributed by atoms with E-state index in [1.54, 1.807) is 14.1 Å². The summed E-state index contributed by atoms with van der Waals surface area (Å²) >= 11 is 0. The third-order valence-electron chi connectivity index (χ3n) is 4.36. The average Bonchev–Trinajstić information content (AvgIpc) is 3.19. The molecule has 1 aromatic heterocycles. The Labute approximate surface area is 138 Å². The van der Waals surface area contributed by atoms with E-state index in [0.717, 1.165) is 16.5 Å². The number of carbonyl (C=O) groups is 2. The van der Waals surface area contributed by atoms with E-state index in [1.165, 1.54) is 6.07 Å². The van der Waals surface area contributed by atoms with E-state index in [0.29, 0.717) is 43.5 Å². The second kappa shape index (κ2) is 6.51. The molecule has 0 aliphatic carbocycles. The highest BCUT2D eigenvalue weighted by molar-refractivity contribution is 6.02. The highest BCUT2D eigenvalue weighted by atomic mass is 19.1. The highest BCUT2D eigenvalue weighted by Gasteiger charge is 2.26. The van der Waals surface area contributed by atoms with Gasteiger partial charge in [-0.15, -0.1) is 0 Å². The number of nitrogens with one attached hydrogen (secondary N) is 3. The minimum Gasteiger partial charge on any atom is -0.490 e. The molecule has 0 fully saturated rings. The molecule has 0 unspecified atom stereocenters. The van der Waals surface area contributed by atoms with Gasteiger partial charge in [0.15, 0.2) is 11.6 Å². The van der Waals surface area contributed by atoms with Gasteiger partial charge in [0.2, 0.25) is 5.91 Å². The van der Waals surface area contributed by atoms with Crippen molar-refractivity contribution in [3.05, 3.63) is 28.7 Å². The standard InChI is InChI=1S/C17H20FN3O3/c1-19-13(22)5-3-4-9-14-10-6-7-24-16(10)11(18)8-12(14)21-15(9)17(23)20-2/h8,21H,3-7H2,1-2H3,(H,19,22)(H,20,23). The van der Waals surface area contributed by atoms with Crippen molar-refractivity contribution in [3.8, 4) is 5.75 Å². The van der Waals surface area contributed by atoms with Crippen LogP contribution in [0.3, 0.4) is 0 Å². The van der Waals surface area contributed by atoms with E-state index in [2.05, 4.69) is 15.6 Å². The maximum absolute atomic E-state index is 14.1. The van der Waals surface area contributed by atoms with E-state index in [9.17, 15) is 14.0 Å². The molecule has 0 atom stereocenters. The number of carbonyl (C=O) groups excluding carboxylic acids is 2. The lowest BCUT2D eigenvalue weighted by atomic mass is 9.98. The first-order valence-corrected chi connectivity index (χ1v) is 7.98. The summed E-state index contributed by atoms with van der Waals surface area (Å²) in [5, 5.41) is 6.03. The first-order valence-electron chi connectivity index (χ1n) is 7.98. The molecule has 0 radical (unpaired) electrons. The molecule has 24 heavy (non-hydrogen) atoms. The predicted octanol–water partition coefficient (Wildman–Crippen LogP) is 1.67. The molecule has 2 heterocycles. The van der Waals surface area contributed by atoms with Gasteiger partial charge in [0.05, 0.1) is 6.61 Å². The molecule has 2 aromatic rings. The zero-order chi connectivity index (χ0) is 17.3. The molecule has 0 saturated heterocycles. The molecule has 1 aliphatic heterocycles. The quantitative estimate of drug-likeness (QED) is 0.778. The van der Waals surface area contributed by atoms with Gasteiger partial charge in [-0.05, 0) is 18.4 Å². The summed E-state index contributed by atoms with van der Waals surface area (Å²) in [7, 11) is 3.15. The van der Waals surface area contributed by atoms with Crippen LogP contribution in [0.15, 0.2) is 6.07 Å². The Kier molecular flexibility index (Phi) is 4.42. The Morgan fingerprint density at radius 2 is 2.12 bits per heavy atom. The topological polar surface area (TPSA) is 83.2 Å². The Hall–Kier alpha value is -2.57. The lowest BCUT2D eigenvalue weighted by molar-refractivity contribution is -0.120. The molecule has 7 heteroatoms. The molecule has 3 rings (SSSR count). The van der Waals surface area contributed by atoms with E-state index in [4.69, 9.17) is 4.74 Å². The lowest BCUT2D eigenvalue weighted by Gasteiger charge is -2.07. The summed E-state index contributed by atoms with van der Waals surface area (Å²) in [5.41, 5.74) is 2.62. The van der Waals surface area contributed by atoms with Crippen LogP contribution in [0.4, 0.5) is 4.39 Å². The molecule has 128 valence electrons. The number of H-pyrrole nitrogens is 1. The number of halogens is 1. The molecule has 3 N–H and O–H groups in total. The minimum atomic E-state index is -0.420. The van der Waals surface area contributed by atoms with Crippen molar-refractivity contribution in [3.63, 3.8) is 0 Å². The van der Waals surface area contributed by atoms with Gasteiger partial charge < -0.3 is 20.4 Å². The summed E-state index contributed by atoms with van der Waals surface area (Å²) in [5.74, 6) is -0.445. The number of amides is 2. The van der Waals surface area contributed by atoms with Crippen LogP contribution in [0.25, 0.3) is 10.9 Å². The predicted molar refractivity (Wildman–Crippen MR) is 87.9 cm³/mol. The molecule has 6 nitrogen and oxygen atoms in total. The number of rotatable bonds is 5. The van der Waals surface area contributed by atoms with Crippen LogP contribution in [-0.4, -0.2) is 37.5 Å². The van der Waals surface area contributed by atoms with Gasteiger partial charge in [-0.1, -0.05) is 0 Å². The van der Waals surface area contributed by atoms with Gasteiger partial charge >= 0.3 is 0 Å². The summed E-state index contributed by atoms with van der Waals surface area (Å²) in [6.07, 6.45) is 2.13. The molecular formula is C17H20FN3O3. The van der Waals surface area contributed by atoms with Gasteiger partial charge in [0.1, 0.15) is 5.69 Å². The van der Waals surface area contributed by atoms with Crippen LogP contribution >= 0.6 is 0 Å². The Balaban J connectivity index is 2.07. The second-order valence-corrected chi connectivity index (χ2v) is 5.77. The molecular weight excluding hydrogens is 313 g/mol. The smallest absolute Gasteiger partial charge is 0.267 e. The third-order valence-corrected chi connectivity index (χ3v) is 4.36. The SMILES string of the molecule is CNC(=O)CCCc1c(C(=O)NC)[nH]c2cc(F)c3c(c12)CCO3. The molecule has 0 saturated carbocycles. The largest absolute Gasteiger partial charge is 0.490 e. The van der Waals surface area contributed by atoms with Gasteiger partial charge in [-0.25, -0.2) is 4.39 Å². The normalized spacial score (nSPS) is 12.8. The number of aromatic nitrogens is 1.